The predicted octanol–water partition coefficient (Wildman–Crippen LogP) is 17.8. The van der Waals surface area contributed by atoms with E-state index in [4.69, 9.17) is 13.8 Å². The summed E-state index contributed by atoms with van der Waals surface area (Å²) in [5.41, 5.74) is 0. The van der Waals surface area contributed by atoms with Crippen LogP contribution < -0.4 is 10.2 Å². The summed E-state index contributed by atoms with van der Waals surface area (Å²) in [5, 5.41) is 3.01. The normalized spacial score (nSPS) is 14.2. The number of rotatable bonds is 54. The lowest BCUT2D eigenvalue weighted by atomic mass is 10.0. The summed E-state index contributed by atoms with van der Waals surface area (Å²) in [7, 11) is 1.16. The van der Waals surface area contributed by atoms with Crippen LogP contribution in [0.5, 0.6) is 0 Å². The molecule has 424 valence electrons. The Morgan fingerprint density at radius 3 is 1.30 bits per heavy atom. The van der Waals surface area contributed by atoms with Crippen molar-refractivity contribution in [2.75, 3.05) is 40.9 Å². The summed E-state index contributed by atoms with van der Waals surface area (Å²) in [5.74, 6) is -0.580. The number of amides is 1. The average molecular weight is 1040 g/mol. The number of hydrogen-bond acceptors (Lipinski definition) is 7. The van der Waals surface area contributed by atoms with E-state index in [0.717, 1.165) is 96.3 Å². The van der Waals surface area contributed by atoms with Crippen molar-refractivity contribution < 1.29 is 37.3 Å². The molecule has 0 bridgehead atoms. The van der Waals surface area contributed by atoms with Gasteiger partial charge in [-0.05, 0) is 102 Å². The SMILES string of the molecule is CCCCC/C=C\C/C=C\C/C=C\C/C=C\CCCCCCCC(=O)OC(/C=C\CCCCCCCCCCCC)C(COP(=O)([O-])OCC[N+](C)(C)C)NC(=O)CCCCC/C=C\CCCCCCCCC. The number of likely N-dealkylation sites (N-methyl/N-ethyl adjacent to an activating group) is 1. The predicted molar refractivity (Wildman–Crippen MR) is 312 cm³/mol. The second-order valence-corrected chi connectivity index (χ2v) is 22.9. The van der Waals surface area contributed by atoms with Gasteiger partial charge in [-0.3, -0.25) is 14.2 Å². The third kappa shape index (κ3) is 54.1. The van der Waals surface area contributed by atoms with Crippen LogP contribution in [0, 0.1) is 0 Å². The molecule has 0 fully saturated rings. The molecule has 0 aliphatic heterocycles. The summed E-state index contributed by atoms with van der Waals surface area (Å²) >= 11 is 0. The molecule has 1 N–H and O–H groups in total. The van der Waals surface area contributed by atoms with Gasteiger partial charge in [-0.2, -0.15) is 0 Å². The highest BCUT2D eigenvalue weighted by Gasteiger charge is 2.27. The largest absolute Gasteiger partial charge is 0.756 e. The molecule has 0 rings (SSSR count). The second kappa shape index (κ2) is 52.9. The van der Waals surface area contributed by atoms with Crippen molar-refractivity contribution in [3.63, 3.8) is 0 Å². The molecule has 0 saturated heterocycles. The molecule has 0 radical (unpaired) electrons. The number of allylic oxidation sites excluding steroid dienone is 11. The maximum Gasteiger partial charge on any atom is 0.306 e. The van der Waals surface area contributed by atoms with Gasteiger partial charge in [-0.25, -0.2) is 0 Å². The van der Waals surface area contributed by atoms with Gasteiger partial charge in [0.2, 0.25) is 5.91 Å². The lowest BCUT2D eigenvalue weighted by Crippen LogP contribution is -2.47. The van der Waals surface area contributed by atoms with Gasteiger partial charge < -0.3 is 28.5 Å². The van der Waals surface area contributed by atoms with E-state index in [-0.39, 0.29) is 24.9 Å². The van der Waals surface area contributed by atoms with Gasteiger partial charge >= 0.3 is 5.97 Å². The van der Waals surface area contributed by atoms with E-state index in [0.29, 0.717) is 30.3 Å². The molecule has 1 amide bonds. The number of hydrogen-bond donors (Lipinski definition) is 1. The van der Waals surface area contributed by atoms with E-state index in [9.17, 15) is 19.0 Å². The topological polar surface area (TPSA) is 114 Å². The van der Waals surface area contributed by atoms with Crippen molar-refractivity contribution in [3.05, 3.63) is 72.9 Å². The molecule has 0 aromatic rings. The monoisotopic (exact) mass is 1040 g/mol. The van der Waals surface area contributed by atoms with Crippen LogP contribution in [0.15, 0.2) is 72.9 Å². The number of carbonyl (C=O) groups is 2. The Kier molecular flexibility index (Phi) is 51.0. The quantitative estimate of drug-likeness (QED) is 0.0212. The zero-order valence-electron chi connectivity index (χ0n) is 48.3. The number of phosphoric acid groups is 1. The molecular weight excluding hydrogens is 928 g/mol. The summed E-state index contributed by atoms with van der Waals surface area (Å²) in [6.07, 6.45) is 67.2. The second-order valence-electron chi connectivity index (χ2n) is 21.5. The van der Waals surface area contributed by atoms with E-state index in [1.807, 2.05) is 33.3 Å². The lowest BCUT2D eigenvalue weighted by molar-refractivity contribution is -0.870. The molecule has 0 aliphatic rings. The molecule has 0 aromatic carbocycles. The smallest absolute Gasteiger partial charge is 0.306 e. The molecule has 0 spiro atoms. The fourth-order valence-corrected chi connectivity index (χ4v) is 9.10. The van der Waals surface area contributed by atoms with E-state index < -0.39 is 26.6 Å². The van der Waals surface area contributed by atoms with Gasteiger partial charge in [0.25, 0.3) is 7.82 Å². The summed E-state index contributed by atoms with van der Waals surface area (Å²) in [4.78, 5) is 39.9. The van der Waals surface area contributed by atoms with E-state index >= 15 is 0 Å². The Bertz CT molecular complexity index is 1480. The molecule has 73 heavy (non-hydrogen) atoms. The average Bonchev–Trinajstić information content (AvgIpc) is 3.35. The van der Waals surface area contributed by atoms with Crippen LogP contribution in [-0.2, 0) is 27.9 Å². The number of ether oxygens (including phenoxy) is 1. The van der Waals surface area contributed by atoms with Crippen LogP contribution in [0.2, 0.25) is 0 Å². The van der Waals surface area contributed by atoms with Crippen LogP contribution in [0.4, 0.5) is 0 Å². The van der Waals surface area contributed by atoms with Crippen LogP contribution in [0.25, 0.3) is 0 Å². The number of nitrogens with zero attached hydrogens (tertiary/aromatic N) is 1. The van der Waals surface area contributed by atoms with Gasteiger partial charge in [0, 0.05) is 12.8 Å². The van der Waals surface area contributed by atoms with Crippen LogP contribution in [-0.4, -0.2) is 69.4 Å². The minimum atomic E-state index is -4.71. The van der Waals surface area contributed by atoms with Gasteiger partial charge in [0.15, 0.2) is 0 Å². The Labute approximate surface area is 451 Å². The first-order valence-electron chi connectivity index (χ1n) is 30.2. The Balaban J connectivity index is 5.33. The summed E-state index contributed by atoms with van der Waals surface area (Å²) in [6.45, 7) is 6.78. The zero-order chi connectivity index (χ0) is 53.6. The fourth-order valence-electron chi connectivity index (χ4n) is 8.38. The molecular formula is C63H115N2O7P. The van der Waals surface area contributed by atoms with Crippen LogP contribution in [0.3, 0.4) is 0 Å². The van der Waals surface area contributed by atoms with Crippen LogP contribution >= 0.6 is 7.82 Å². The molecule has 3 unspecified atom stereocenters. The molecule has 0 saturated carbocycles. The zero-order valence-corrected chi connectivity index (χ0v) is 49.2. The molecule has 9 nitrogen and oxygen atoms in total. The molecule has 0 aromatic heterocycles. The van der Waals surface area contributed by atoms with E-state index in [2.05, 4.69) is 86.8 Å². The van der Waals surface area contributed by atoms with E-state index in [1.54, 1.807) is 0 Å². The van der Waals surface area contributed by atoms with Gasteiger partial charge in [-0.15, -0.1) is 0 Å². The fraction of sp³-hybridized carbons (Fsp3) is 0.778. The number of carbonyl (C=O) groups excluding carboxylic acids is 2. The Morgan fingerprint density at radius 1 is 0.479 bits per heavy atom. The Morgan fingerprint density at radius 2 is 0.836 bits per heavy atom. The molecule has 10 heteroatoms. The number of phosphoric ester groups is 1. The van der Waals surface area contributed by atoms with Gasteiger partial charge in [-0.1, -0.05) is 222 Å². The maximum absolute atomic E-state index is 13.5. The maximum atomic E-state index is 13.5. The first-order valence-corrected chi connectivity index (χ1v) is 31.7. The standard InChI is InChI=1S/C63H115N2O7P/c1-7-10-13-16-19-22-25-28-30-31-32-33-34-35-36-38-41-44-47-50-53-56-63(67)72-61(54-51-48-45-42-39-27-24-21-18-15-12-9-3)60(59-71-73(68,69)70-58-57-65(4,5)6)64-62(66)55-52-49-46-43-40-37-29-26-23-20-17-14-11-8-2/h19,22,28,30,32-33,35-37,40,51,54,60-61H,7-18,20-21,23-27,29,31,34,38-39,41-50,52-53,55-59H2,1-6H3,(H-,64,66,68,69)/b22-19-,30-28-,33-32-,36-35-,40-37-,54-51-. The molecule has 0 aliphatic carbocycles. The van der Waals surface area contributed by atoms with E-state index in [1.165, 1.54) is 122 Å². The minimum absolute atomic E-state index is 0.0304. The van der Waals surface area contributed by atoms with Crippen molar-refractivity contribution >= 4 is 19.7 Å². The number of nitrogens with one attached hydrogen (secondary N) is 1. The molecule has 0 heterocycles. The van der Waals surface area contributed by atoms with Crippen LogP contribution in [0.1, 0.15) is 265 Å². The third-order valence-electron chi connectivity index (χ3n) is 13.1. The lowest BCUT2D eigenvalue weighted by Gasteiger charge is -2.30. The highest BCUT2D eigenvalue weighted by molar-refractivity contribution is 7.45. The summed E-state index contributed by atoms with van der Waals surface area (Å²) in [6, 6.07) is -0.906. The number of quaternary nitrogens is 1. The van der Waals surface area contributed by atoms with Gasteiger partial charge in [0.1, 0.15) is 19.3 Å². The highest BCUT2D eigenvalue weighted by atomic mass is 31.2. The number of unbranched alkanes of at least 4 members (excludes halogenated alkanes) is 28. The van der Waals surface area contributed by atoms with Crippen molar-refractivity contribution in [2.24, 2.45) is 0 Å². The minimum Gasteiger partial charge on any atom is -0.756 e. The molecule has 3 atom stereocenters. The summed E-state index contributed by atoms with van der Waals surface area (Å²) < 4.78 is 30.2. The van der Waals surface area contributed by atoms with Crippen molar-refractivity contribution in [1.29, 1.82) is 0 Å². The first-order chi connectivity index (χ1) is 35.4. The Hall–Kier alpha value is -2.55. The first kappa shape index (κ1) is 70.5. The third-order valence-corrected chi connectivity index (χ3v) is 14.1. The van der Waals surface area contributed by atoms with Gasteiger partial charge in [0.05, 0.1) is 33.8 Å². The van der Waals surface area contributed by atoms with Crippen molar-refractivity contribution in [3.8, 4) is 0 Å². The number of esters is 1. The highest BCUT2D eigenvalue weighted by Crippen LogP contribution is 2.38. The van der Waals surface area contributed by atoms with Crippen molar-refractivity contribution in [2.45, 2.75) is 277 Å². The van der Waals surface area contributed by atoms with Crippen molar-refractivity contribution in [1.82, 2.24) is 5.32 Å².